The van der Waals surface area contributed by atoms with Gasteiger partial charge in [-0.1, -0.05) is 24.3 Å². The van der Waals surface area contributed by atoms with Gasteiger partial charge in [0, 0.05) is 30.2 Å². The topological polar surface area (TPSA) is 71.4 Å². The SMILES string of the molecule is Cc1ccc(F)cc1NC(=O)Cn1c(=O)cc(C(=O)N2CCCCC2)c2ccccc21. The summed E-state index contributed by atoms with van der Waals surface area (Å²) in [6.07, 6.45) is 3.02. The number of pyridine rings is 1. The molecule has 0 saturated carbocycles. The van der Waals surface area contributed by atoms with Crippen molar-refractivity contribution in [2.45, 2.75) is 32.7 Å². The van der Waals surface area contributed by atoms with E-state index in [1.165, 1.54) is 22.8 Å². The highest BCUT2D eigenvalue weighted by molar-refractivity contribution is 6.06. The molecule has 3 aromatic rings. The van der Waals surface area contributed by atoms with E-state index in [1.807, 2.05) is 0 Å². The number of likely N-dealkylation sites (tertiary alicyclic amines) is 1. The first kappa shape index (κ1) is 20.8. The fourth-order valence-corrected chi connectivity index (χ4v) is 4.00. The number of rotatable bonds is 4. The number of aromatic nitrogens is 1. The number of carbonyl (C=O) groups excluding carboxylic acids is 2. The molecule has 0 radical (unpaired) electrons. The Balaban J connectivity index is 1.67. The second-order valence-electron chi connectivity index (χ2n) is 7.86. The first-order chi connectivity index (χ1) is 14.9. The fraction of sp³-hybridized carbons (Fsp3) is 0.292. The lowest BCUT2D eigenvalue weighted by Crippen LogP contribution is -2.37. The molecule has 1 aliphatic rings. The predicted molar refractivity (Wildman–Crippen MR) is 118 cm³/mol. The van der Waals surface area contributed by atoms with Crippen LogP contribution in [0, 0.1) is 12.7 Å². The third kappa shape index (κ3) is 4.35. The van der Waals surface area contributed by atoms with Gasteiger partial charge in [-0.25, -0.2) is 4.39 Å². The lowest BCUT2D eigenvalue weighted by molar-refractivity contribution is -0.116. The molecule has 4 rings (SSSR count). The summed E-state index contributed by atoms with van der Waals surface area (Å²) in [7, 11) is 0. The minimum Gasteiger partial charge on any atom is -0.339 e. The summed E-state index contributed by atoms with van der Waals surface area (Å²) in [6.45, 7) is 2.89. The molecule has 1 saturated heterocycles. The van der Waals surface area contributed by atoms with Crippen molar-refractivity contribution in [1.82, 2.24) is 9.47 Å². The first-order valence-electron chi connectivity index (χ1n) is 10.4. The van der Waals surface area contributed by atoms with Crippen molar-refractivity contribution in [1.29, 1.82) is 0 Å². The molecule has 2 aromatic carbocycles. The van der Waals surface area contributed by atoms with Crippen molar-refractivity contribution in [3.63, 3.8) is 0 Å². The third-order valence-electron chi connectivity index (χ3n) is 5.67. The zero-order valence-electron chi connectivity index (χ0n) is 17.4. The van der Waals surface area contributed by atoms with Gasteiger partial charge in [-0.05, 0) is 49.9 Å². The number of fused-ring (bicyclic) bond motifs is 1. The molecular weight excluding hydrogens is 397 g/mol. The Labute approximate surface area is 179 Å². The largest absolute Gasteiger partial charge is 0.339 e. The molecule has 1 fully saturated rings. The Bertz CT molecular complexity index is 1210. The lowest BCUT2D eigenvalue weighted by Gasteiger charge is -2.27. The van der Waals surface area contributed by atoms with Crippen LogP contribution in [0.2, 0.25) is 0 Å². The van der Waals surface area contributed by atoms with Crippen LogP contribution in [0.5, 0.6) is 0 Å². The minimum atomic E-state index is -0.455. The Kier molecular flexibility index (Phi) is 5.84. The van der Waals surface area contributed by atoms with E-state index in [0.29, 0.717) is 35.2 Å². The molecule has 2 heterocycles. The Morgan fingerprint density at radius 2 is 1.77 bits per heavy atom. The lowest BCUT2D eigenvalue weighted by atomic mass is 10.0. The molecule has 31 heavy (non-hydrogen) atoms. The van der Waals surface area contributed by atoms with Gasteiger partial charge in [-0.15, -0.1) is 0 Å². The smallest absolute Gasteiger partial charge is 0.254 e. The van der Waals surface area contributed by atoms with E-state index in [4.69, 9.17) is 0 Å². The first-order valence-corrected chi connectivity index (χ1v) is 10.4. The second kappa shape index (κ2) is 8.71. The summed E-state index contributed by atoms with van der Waals surface area (Å²) in [4.78, 5) is 40.4. The highest BCUT2D eigenvalue weighted by atomic mass is 19.1. The monoisotopic (exact) mass is 421 g/mol. The number of nitrogens with zero attached hydrogens (tertiary/aromatic N) is 2. The summed E-state index contributed by atoms with van der Waals surface area (Å²) < 4.78 is 14.9. The van der Waals surface area contributed by atoms with Gasteiger partial charge in [0.15, 0.2) is 0 Å². The van der Waals surface area contributed by atoms with Crippen molar-refractivity contribution in [3.8, 4) is 0 Å². The van der Waals surface area contributed by atoms with E-state index in [2.05, 4.69) is 5.32 Å². The van der Waals surface area contributed by atoms with E-state index in [9.17, 15) is 18.8 Å². The average molecular weight is 421 g/mol. The van der Waals surface area contributed by atoms with Crippen LogP contribution in [-0.2, 0) is 11.3 Å². The number of halogens is 1. The average Bonchev–Trinajstić information content (AvgIpc) is 2.78. The maximum atomic E-state index is 13.5. The molecule has 6 nitrogen and oxygen atoms in total. The van der Waals surface area contributed by atoms with E-state index in [0.717, 1.165) is 24.8 Å². The Morgan fingerprint density at radius 3 is 2.55 bits per heavy atom. The fourth-order valence-electron chi connectivity index (χ4n) is 4.00. The van der Waals surface area contributed by atoms with E-state index >= 15 is 0 Å². The van der Waals surface area contributed by atoms with Crippen LogP contribution < -0.4 is 10.9 Å². The molecule has 2 amide bonds. The highest BCUT2D eigenvalue weighted by Gasteiger charge is 2.22. The van der Waals surface area contributed by atoms with Gasteiger partial charge >= 0.3 is 0 Å². The van der Waals surface area contributed by atoms with Gasteiger partial charge in [0.05, 0.1) is 11.1 Å². The number of piperidine rings is 1. The van der Waals surface area contributed by atoms with Crippen LogP contribution in [0.3, 0.4) is 0 Å². The number of aryl methyl sites for hydroxylation is 1. The van der Waals surface area contributed by atoms with Crippen molar-refractivity contribution in [3.05, 3.63) is 75.8 Å². The quantitative estimate of drug-likeness (QED) is 0.698. The summed E-state index contributed by atoms with van der Waals surface area (Å²) in [6, 6.07) is 12.5. The number of amides is 2. The van der Waals surface area contributed by atoms with Crippen LogP contribution in [0.4, 0.5) is 10.1 Å². The molecule has 1 N–H and O–H groups in total. The molecule has 0 aliphatic carbocycles. The molecule has 0 unspecified atom stereocenters. The van der Waals surface area contributed by atoms with Gasteiger partial charge < -0.3 is 10.2 Å². The standard InChI is InChI=1S/C24H24FN3O3/c1-16-9-10-17(25)13-20(16)26-22(29)15-28-21-8-4-3-7-18(21)19(14-23(28)30)24(31)27-11-5-2-6-12-27/h3-4,7-10,13-14H,2,5-6,11-12,15H2,1H3,(H,26,29). The second-order valence-corrected chi connectivity index (χ2v) is 7.86. The molecule has 0 bridgehead atoms. The number of nitrogens with one attached hydrogen (secondary N) is 1. The summed E-state index contributed by atoms with van der Waals surface area (Å²) in [5.74, 6) is -1.06. The summed E-state index contributed by atoms with van der Waals surface area (Å²) >= 11 is 0. The number of para-hydroxylation sites is 1. The van der Waals surface area contributed by atoms with Crippen LogP contribution in [0.15, 0.2) is 53.3 Å². The number of hydrogen-bond acceptors (Lipinski definition) is 3. The van der Waals surface area contributed by atoms with Gasteiger partial charge in [-0.3, -0.25) is 19.0 Å². The van der Waals surface area contributed by atoms with Gasteiger partial charge in [0.1, 0.15) is 12.4 Å². The Hall–Kier alpha value is -3.48. The van der Waals surface area contributed by atoms with Gasteiger partial charge in [0.25, 0.3) is 11.5 Å². The predicted octanol–water partition coefficient (Wildman–Crippen LogP) is 3.71. The molecule has 160 valence electrons. The van der Waals surface area contributed by atoms with Gasteiger partial charge in [0.2, 0.25) is 5.91 Å². The third-order valence-corrected chi connectivity index (χ3v) is 5.67. The molecular formula is C24H24FN3O3. The van der Waals surface area contributed by atoms with E-state index in [-0.39, 0.29) is 12.5 Å². The van der Waals surface area contributed by atoms with E-state index < -0.39 is 17.3 Å². The molecule has 1 aromatic heterocycles. The zero-order valence-corrected chi connectivity index (χ0v) is 17.4. The maximum Gasteiger partial charge on any atom is 0.254 e. The van der Waals surface area contributed by atoms with Crippen molar-refractivity contribution in [2.75, 3.05) is 18.4 Å². The van der Waals surface area contributed by atoms with Crippen molar-refractivity contribution >= 4 is 28.4 Å². The number of benzene rings is 2. The Morgan fingerprint density at radius 1 is 1.03 bits per heavy atom. The molecule has 1 aliphatic heterocycles. The summed E-state index contributed by atoms with van der Waals surface area (Å²) in [5.41, 5.74) is 1.53. The van der Waals surface area contributed by atoms with Crippen LogP contribution in [-0.4, -0.2) is 34.4 Å². The molecule has 0 spiro atoms. The summed E-state index contributed by atoms with van der Waals surface area (Å²) in [5, 5.41) is 3.30. The van der Waals surface area contributed by atoms with Crippen LogP contribution >= 0.6 is 0 Å². The van der Waals surface area contributed by atoms with E-state index in [1.54, 1.807) is 42.2 Å². The minimum absolute atomic E-state index is 0.153. The van der Waals surface area contributed by atoms with Crippen molar-refractivity contribution < 1.29 is 14.0 Å². The molecule has 7 heteroatoms. The number of carbonyl (C=O) groups is 2. The van der Waals surface area contributed by atoms with Crippen molar-refractivity contribution in [2.24, 2.45) is 0 Å². The molecule has 0 atom stereocenters. The highest BCUT2D eigenvalue weighted by Crippen LogP contribution is 2.21. The number of anilines is 1. The maximum absolute atomic E-state index is 13.5. The van der Waals surface area contributed by atoms with Gasteiger partial charge in [-0.2, -0.15) is 0 Å². The van der Waals surface area contributed by atoms with Crippen LogP contribution in [0.25, 0.3) is 10.9 Å². The normalized spacial score (nSPS) is 13.9. The zero-order chi connectivity index (χ0) is 22.0. The number of hydrogen-bond donors (Lipinski definition) is 1. The van der Waals surface area contributed by atoms with Crippen LogP contribution in [0.1, 0.15) is 35.2 Å².